The summed E-state index contributed by atoms with van der Waals surface area (Å²) in [5, 5.41) is 22.4. The lowest BCUT2D eigenvalue weighted by atomic mass is 9.96. The highest BCUT2D eigenvalue weighted by Crippen LogP contribution is 2.43. The predicted octanol–water partition coefficient (Wildman–Crippen LogP) is 0.572. The minimum absolute atomic E-state index is 0.0602. The summed E-state index contributed by atoms with van der Waals surface area (Å²) in [5.74, 6) is -1.35. The minimum Gasteiger partial charge on any atom is -0.394 e. The van der Waals surface area contributed by atoms with Crippen LogP contribution < -0.4 is 11.5 Å². The van der Waals surface area contributed by atoms with Gasteiger partial charge in [-0.05, 0) is 25.0 Å². The van der Waals surface area contributed by atoms with Crippen molar-refractivity contribution in [2.24, 2.45) is 0 Å². The van der Waals surface area contributed by atoms with Crippen LogP contribution in [0.1, 0.15) is 53.3 Å². The van der Waals surface area contributed by atoms with Crippen LogP contribution in [0.2, 0.25) is 0 Å². The van der Waals surface area contributed by atoms with Gasteiger partial charge in [-0.2, -0.15) is 9.97 Å². The van der Waals surface area contributed by atoms with Crippen molar-refractivity contribution in [3.05, 3.63) is 41.7 Å². The van der Waals surface area contributed by atoms with Crippen LogP contribution in [-0.4, -0.2) is 71.5 Å². The number of carbonyl (C=O) groups is 2. The van der Waals surface area contributed by atoms with Crippen molar-refractivity contribution >= 4 is 34.7 Å². The Hall–Kier alpha value is -3.65. The van der Waals surface area contributed by atoms with Crippen molar-refractivity contribution in [3.63, 3.8) is 0 Å². The number of rotatable bonds is 8. The lowest BCUT2D eigenvalue weighted by molar-refractivity contribution is -0.171. The Balaban J connectivity index is 1.54. The van der Waals surface area contributed by atoms with Crippen LogP contribution in [0.25, 0.3) is 11.2 Å². The van der Waals surface area contributed by atoms with Crippen LogP contribution >= 0.6 is 0 Å². The molecule has 4 heterocycles. The van der Waals surface area contributed by atoms with Gasteiger partial charge in [0, 0.05) is 0 Å². The zero-order valence-electron chi connectivity index (χ0n) is 19.6. The molecule has 2 aromatic heterocycles. The molecule has 1 fully saturated rings. The molecule has 0 bridgehead atoms. The molecule has 6 N–H and O–H groups in total. The Morgan fingerprint density at radius 3 is 2.47 bits per heavy atom. The molecule has 1 aromatic carbocycles. The number of carbonyl (C=O) groups excluding carboxylic acids is 2. The molecule has 0 radical (unpaired) electrons. The minimum atomic E-state index is -1.51. The smallest absolute Gasteiger partial charge is 0.285 e. The Bertz CT molecular complexity index is 1290. The third kappa shape index (κ3) is 3.59. The number of fused-ring (bicyclic) bond motifs is 2. The number of benzene rings is 1. The Labute approximate surface area is 205 Å². The molecule has 2 aliphatic rings. The number of nitrogens with zero attached hydrogens (tertiary/aromatic N) is 5. The molecule has 1 unspecified atom stereocenters. The van der Waals surface area contributed by atoms with E-state index in [1.807, 2.05) is 6.92 Å². The molecule has 4 atom stereocenters. The van der Waals surface area contributed by atoms with Crippen LogP contribution in [0, 0.1) is 0 Å². The third-order valence-corrected chi connectivity index (χ3v) is 6.65. The van der Waals surface area contributed by atoms with E-state index in [-0.39, 0.29) is 40.5 Å². The van der Waals surface area contributed by atoms with Gasteiger partial charge in [-0.1, -0.05) is 31.9 Å². The van der Waals surface area contributed by atoms with Gasteiger partial charge in [0.2, 0.25) is 5.95 Å². The fourth-order valence-corrected chi connectivity index (χ4v) is 4.88. The number of ether oxygens (including phenoxy) is 1. The molecule has 2 aliphatic heterocycles. The first kappa shape index (κ1) is 24.1. The number of aliphatic hydroxyl groups excluding tert-OH is 2. The van der Waals surface area contributed by atoms with Crippen LogP contribution in [0.3, 0.4) is 0 Å². The lowest BCUT2D eigenvalue weighted by Gasteiger charge is -2.34. The Morgan fingerprint density at radius 2 is 1.83 bits per heavy atom. The van der Waals surface area contributed by atoms with Gasteiger partial charge in [-0.25, -0.2) is 4.98 Å². The molecule has 13 heteroatoms. The molecule has 13 nitrogen and oxygen atoms in total. The normalized spacial score (nSPS) is 25.8. The molecule has 3 aromatic rings. The quantitative estimate of drug-likeness (QED) is 0.251. The number of unbranched alkanes of at least 4 members (excludes halogenated alkanes) is 2. The maximum absolute atomic E-state index is 12.9. The first-order chi connectivity index (χ1) is 17.3. The van der Waals surface area contributed by atoms with E-state index in [0.29, 0.717) is 11.5 Å². The van der Waals surface area contributed by atoms with E-state index >= 15 is 0 Å². The first-order valence-electron chi connectivity index (χ1n) is 11.7. The van der Waals surface area contributed by atoms with Gasteiger partial charge in [0.25, 0.3) is 11.8 Å². The molecular formula is C23H27N7O6. The number of hydrogen-bond donors (Lipinski definition) is 4. The zero-order chi connectivity index (χ0) is 25.6. The topological polar surface area (TPSA) is 192 Å². The van der Waals surface area contributed by atoms with E-state index in [9.17, 15) is 19.8 Å². The second-order valence-electron chi connectivity index (χ2n) is 8.86. The summed E-state index contributed by atoms with van der Waals surface area (Å²) in [5.41, 5.74) is 11.2. The molecule has 0 aliphatic carbocycles. The van der Waals surface area contributed by atoms with Gasteiger partial charge in [0.1, 0.15) is 23.8 Å². The lowest BCUT2D eigenvalue weighted by Crippen LogP contribution is -2.48. The van der Waals surface area contributed by atoms with Gasteiger partial charge < -0.3 is 26.4 Å². The van der Waals surface area contributed by atoms with Gasteiger partial charge in [-0.3, -0.25) is 19.0 Å². The SMILES string of the molecule is CCCCCC1(n2cnc3c(N)nc(N)nc32)O[C@H](CO)[C@@H](ON2C(=O)c3ccccc3C2=O)[C@H]1O. The van der Waals surface area contributed by atoms with E-state index in [4.69, 9.17) is 21.0 Å². The largest absolute Gasteiger partial charge is 0.394 e. The van der Waals surface area contributed by atoms with E-state index < -0.39 is 42.5 Å². The first-order valence-corrected chi connectivity index (χ1v) is 11.7. The van der Waals surface area contributed by atoms with E-state index in [2.05, 4.69) is 15.0 Å². The third-order valence-electron chi connectivity index (χ3n) is 6.65. The molecule has 0 spiro atoms. The summed E-state index contributed by atoms with van der Waals surface area (Å²) in [4.78, 5) is 44.0. The summed E-state index contributed by atoms with van der Waals surface area (Å²) in [6.45, 7) is 1.48. The Morgan fingerprint density at radius 1 is 1.14 bits per heavy atom. The van der Waals surface area contributed by atoms with Crippen molar-refractivity contribution in [2.75, 3.05) is 18.1 Å². The number of imide groups is 1. The van der Waals surface area contributed by atoms with Crippen LogP contribution in [0.15, 0.2) is 30.6 Å². The number of nitrogen functional groups attached to an aromatic ring is 2. The average Bonchev–Trinajstić information content (AvgIpc) is 3.48. The molecule has 190 valence electrons. The van der Waals surface area contributed by atoms with Crippen LogP contribution in [0.4, 0.5) is 11.8 Å². The number of imidazole rings is 1. The molecule has 5 rings (SSSR count). The average molecular weight is 498 g/mol. The summed E-state index contributed by atoms with van der Waals surface area (Å²) < 4.78 is 7.77. The highest BCUT2D eigenvalue weighted by Gasteiger charge is 2.58. The monoisotopic (exact) mass is 497 g/mol. The number of aromatic nitrogens is 4. The predicted molar refractivity (Wildman–Crippen MR) is 126 cm³/mol. The number of amides is 2. The van der Waals surface area contributed by atoms with Crippen molar-refractivity contribution < 1.29 is 29.4 Å². The van der Waals surface area contributed by atoms with Crippen molar-refractivity contribution in [1.29, 1.82) is 0 Å². The number of hydrogen-bond acceptors (Lipinski definition) is 11. The molecule has 0 saturated carbocycles. The van der Waals surface area contributed by atoms with Gasteiger partial charge >= 0.3 is 0 Å². The number of aliphatic hydroxyl groups is 2. The molecule has 36 heavy (non-hydrogen) atoms. The van der Waals surface area contributed by atoms with E-state index in [1.54, 1.807) is 12.1 Å². The summed E-state index contributed by atoms with van der Waals surface area (Å²) >= 11 is 0. The van der Waals surface area contributed by atoms with Crippen molar-refractivity contribution in [1.82, 2.24) is 24.6 Å². The maximum atomic E-state index is 12.9. The maximum Gasteiger partial charge on any atom is 0.285 e. The van der Waals surface area contributed by atoms with Crippen molar-refractivity contribution in [2.45, 2.75) is 56.6 Å². The number of anilines is 2. The molecular weight excluding hydrogens is 470 g/mol. The van der Waals surface area contributed by atoms with E-state index in [0.717, 1.165) is 12.8 Å². The summed E-state index contributed by atoms with van der Waals surface area (Å²) in [7, 11) is 0. The van der Waals surface area contributed by atoms with Crippen molar-refractivity contribution in [3.8, 4) is 0 Å². The summed E-state index contributed by atoms with van der Waals surface area (Å²) in [6, 6.07) is 6.32. The second kappa shape index (κ2) is 9.09. The zero-order valence-corrected chi connectivity index (χ0v) is 19.6. The van der Waals surface area contributed by atoms with E-state index in [1.165, 1.54) is 23.0 Å². The molecule has 2 amide bonds. The number of nitrogens with two attached hydrogens (primary N) is 2. The highest BCUT2D eigenvalue weighted by molar-refractivity contribution is 6.20. The van der Waals surface area contributed by atoms with Gasteiger partial charge in [-0.15, -0.1) is 5.06 Å². The van der Waals surface area contributed by atoms with Crippen LogP contribution in [0.5, 0.6) is 0 Å². The van der Waals surface area contributed by atoms with Crippen LogP contribution in [-0.2, 0) is 15.3 Å². The van der Waals surface area contributed by atoms with Gasteiger partial charge in [0.05, 0.1) is 24.1 Å². The number of hydroxylamine groups is 2. The molecule has 1 saturated heterocycles. The van der Waals surface area contributed by atoms with Gasteiger partial charge in [0.15, 0.2) is 17.2 Å². The Kier molecular flexibility index (Phi) is 6.08. The highest BCUT2D eigenvalue weighted by atomic mass is 16.7. The second-order valence-corrected chi connectivity index (χ2v) is 8.86. The fourth-order valence-electron chi connectivity index (χ4n) is 4.88. The fraction of sp³-hybridized carbons (Fsp3) is 0.435. The standard InChI is InChI=1S/C23H27N7O6/c1-2-3-6-9-23(29-11-26-15-18(24)27-22(25)28-19(15)29)17(32)16(14(10-31)35-23)36-30-20(33)12-7-4-5-8-13(12)21(30)34/h4-5,7-8,11,14,16-17,31-32H,2-3,6,9-10H2,1H3,(H4,24,25,27,28)/t14-,16-,17-,23?/m1/s1. The summed E-state index contributed by atoms with van der Waals surface area (Å²) in [6.07, 6.45) is 0.271.